The molecule has 0 aliphatic carbocycles. The number of benzene rings is 4. The molecule has 8 rings (SSSR count). The van der Waals surface area contributed by atoms with E-state index in [-0.39, 0.29) is 26.8 Å². The van der Waals surface area contributed by atoms with Crippen molar-refractivity contribution in [3.05, 3.63) is 139 Å². The van der Waals surface area contributed by atoms with Crippen molar-refractivity contribution in [2.45, 2.75) is 6.92 Å². The third-order valence-corrected chi connectivity index (χ3v) is 7.09. The minimum Gasteiger partial charge on any atom is -0.503 e. The molecule has 2 aliphatic heterocycles. The summed E-state index contributed by atoms with van der Waals surface area (Å²) >= 11 is 0. The number of aryl methyl sites for hydroxylation is 1. The molecule has 2 aliphatic rings. The Hall–Kier alpha value is -4.51. The van der Waals surface area contributed by atoms with Gasteiger partial charge in [0.1, 0.15) is 17.2 Å². The Morgan fingerprint density at radius 2 is 1.41 bits per heavy atom. The SMILES string of the molecule is Cc1ccnc(-c2[c-]ccc3c2Oc2cccc4c2B3c2ccccc2O4)c1.[Ir].[c-]1ccccc1-c1ccccn1. The molecule has 4 nitrogen and oxygen atoms in total. The number of pyridine rings is 2. The van der Waals surface area contributed by atoms with E-state index in [1.165, 1.54) is 0 Å². The molecule has 199 valence electrons. The summed E-state index contributed by atoms with van der Waals surface area (Å²) in [5.74, 6) is 3.41. The van der Waals surface area contributed by atoms with Crippen LogP contribution < -0.4 is 25.9 Å². The third kappa shape index (κ3) is 5.08. The van der Waals surface area contributed by atoms with Crippen molar-refractivity contribution in [1.29, 1.82) is 0 Å². The smallest absolute Gasteiger partial charge is 0.241 e. The first-order valence-electron chi connectivity index (χ1n) is 13.2. The molecular formula is C35H23BIrN2O2-2. The first kappa shape index (κ1) is 26.7. The van der Waals surface area contributed by atoms with Gasteiger partial charge in [-0.2, -0.15) is 0 Å². The van der Waals surface area contributed by atoms with Gasteiger partial charge in [0, 0.05) is 43.7 Å². The maximum atomic E-state index is 6.41. The summed E-state index contributed by atoms with van der Waals surface area (Å²) in [5, 5.41) is 0. The van der Waals surface area contributed by atoms with Crippen molar-refractivity contribution in [3.8, 4) is 45.5 Å². The maximum Gasteiger partial charge on any atom is 0.241 e. The van der Waals surface area contributed by atoms with Gasteiger partial charge >= 0.3 is 0 Å². The quantitative estimate of drug-likeness (QED) is 0.160. The largest absolute Gasteiger partial charge is 0.503 e. The standard InChI is InChI=1S/C24H15BNO2.C11H8N.Ir/c1-15-12-13-26-19(14-15)16-6-4-8-18-24(16)28-22-11-5-10-21-23(22)25(18)17-7-2-3-9-20(17)27-21;1-2-6-10(7-3-1)11-8-4-5-9-12-11;/h2-5,7-14H,1H3;1-6,8-9H;/q2*-1;. The van der Waals surface area contributed by atoms with Crippen LogP contribution >= 0.6 is 0 Å². The van der Waals surface area contributed by atoms with Gasteiger partial charge < -0.3 is 19.4 Å². The van der Waals surface area contributed by atoms with E-state index in [2.05, 4.69) is 53.3 Å². The molecule has 0 atom stereocenters. The number of nitrogens with zero attached hydrogens (tertiary/aromatic N) is 2. The Labute approximate surface area is 253 Å². The van der Waals surface area contributed by atoms with Crippen LogP contribution in [0.15, 0.2) is 122 Å². The zero-order valence-corrected chi connectivity index (χ0v) is 24.6. The summed E-state index contributed by atoms with van der Waals surface area (Å²) in [7, 11) is 0. The predicted molar refractivity (Wildman–Crippen MR) is 159 cm³/mol. The molecule has 0 saturated heterocycles. The minimum absolute atomic E-state index is 0. The van der Waals surface area contributed by atoms with Gasteiger partial charge in [-0.3, -0.25) is 0 Å². The summed E-state index contributed by atoms with van der Waals surface area (Å²) in [5.41, 5.74) is 8.29. The molecule has 0 N–H and O–H groups in total. The second kappa shape index (κ2) is 11.5. The molecule has 0 bridgehead atoms. The van der Waals surface area contributed by atoms with Crippen molar-refractivity contribution < 1.29 is 29.6 Å². The Bertz CT molecular complexity index is 1790. The van der Waals surface area contributed by atoms with E-state index < -0.39 is 0 Å². The molecule has 0 saturated carbocycles. The first-order chi connectivity index (χ1) is 19.8. The number of hydrogen-bond acceptors (Lipinski definition) is 4. The summed E-state index contributed by atoms with van der Waals surface area (Å²) in [6.45, 7) is 2.13. The topological polar surface area (TPSA) is 44.2 Å². The fraction of sp³-hybridized carbons (Fsp3) is 0.0286. The molecule has 6 aromatic rings. The minimum atomic E-state index is 0. The van der Waals surface area contributed by atoms with Crippen LogP contribution in [0.1, 0.15) is 5.56 Å². The van der Waals surface area contributed by atoms with Crippen LogP contribution in [0.25, 0.3) is 22.5 Å². The van der Waals surface area contributed by atoms with Crippen molar-refractivity contribution in [1.82, 2.24) is 9.97 Å². The number of fused-ring (bicyclic) bond motifs is 4. The van der Waals surface area contributed by atoms with Crippen molar-refractivity contribution in [2.75, 3.05) is 0 Å². The van der Waals surface area contributed by atoms with Gasteiger partial charge in [-0.05, 0) is 54.1 Å². The third-order valence-electron chi connectivity index (χ3n) is 7.09. The number of rotatable bonds is 2. The molecule has 0 unspecified atom stereocenters. The van der Waals surface area contributed by atoms with E-state index in [0.717, 1.165) is 67.5 Å². The second-order valence-electron chi connectivity index (χ2n) is 9.69. The Morgan fingerprint density at radius 1 is 0.634 bits per heavy atom. The molecule has 4 heterocycles. The normalized spacial score (nSPS) is 11.7. The first-order valence-corrected chi connectivity index (χ1v) is 13.2. The van der Waals surface area contributed by atoms with E-state index in [1.54, 1.807) is 6.20 Å². The monoisotopic (exact) mass is 707 g/mol. The van der Waals surface area contributed by atoms with Crippen LogP contribution in [0, 0.1) is 19.1 Å². The van der Waals surface area contributed by atoms with Crippen LogP contribution in [0.4, 0.5) is 0 Å². The zero-order valence-electron chi connectivity index (χ0n) is 22.2. The molecule has 2 aromatic heterocycles. The fourth-order valence-corrected chi connectivity index (χ4v) is 5.28. The van der Waals surface area contributed by atoms with Crippen molar-refractivity contribution in [3.63, 3.8) is 0 Å². The summed E-state index contributed by atoms with van der Waals surface area (Å²) < 4.78 is 12.6. The van der Waals surface area contributed by atoms with Crippen molar-refractivity contribution >= 4 is 23.1 Å². The second-order valence-corrected chi connectivity index (χ2v) is 9.69. The molecule has 0 spiro atoms. The predicted octanol–water partition coefficient (Wildman–Crippen LogP) is 6.13. The zero-order chi connectivity index (χ0) is 26.9. The van der Waals surface area contributed by atoms with E-state index in [0.29, 0.717) is 0 Å². The van der Waals surface area contributed by atoms with Gasteiger partial charge in [-0.1, -0.05) is 53.6 Å². The fourth-order valence-electron chi connectivity index (χ4n) is 5.28. The van der Waals surface area contributed by atoms with Gasteiger partial charge in [0.2, 0.25) is 6.71 Å². The summed E-state index contributed by atoms with van der Waals surface area (Å²) in [6, 6.07) is 42.5. The van der Waals surface area contributed by atoms with Crippen LogP contribution in [-0.4, -0.2) is 16.7 Å². The van der Waals surface area contributed by atoms with E-state index in [4.69, 9.17) is 9.47 Å². The Morgan fingerprint density at radius 3 is 2.22 bits per heavy atom. The maximum absolute atomic E-state index is 6.41. The van der Waals surface area contributed by atoms with Gasteiger partial charge in [0.15, 0.2) is 0 Å². The van der Waals surface area contributed by atoms with Crippen LogP contribution in [-0.2, 0) is 20.1 Å². The van der Waals surface area contributed by atoms with Gasteiger partial charge in [0.05, 0.1) is 0 Å². The average molecular weight is 707 g/mol. The van der Waals surface area contributed by atoms with Gasteiger partial charge in [-0.25, -0.2) is 0 Å². The molecular weight excluding hydrogens is 683 g/mol. The molecule has 41 heavy (non-hydrogen) atoms. The number of hydrogen-bond donors (Lipinski definition) is 0. The Balaban J connectivity index is 0.000000196. The van der Waals surface area contributed by atoms with E-state index in [9.17, 15) is 0 Å². The van der Waals surface area contributed by atoms with Crippen LogP contribution in [0.3, 0.4) is 0 Å². The number of ether oxygens (including phenoxy) is 2. The van der Waals surface area contributed by atoms with E-state index >= 15 is 0 Å². The molecule has 1 radical (unpaired) electrons. The summed E-state index contributed by atoms with van der Waals surface area (Å²) in [6.07, 6.45) is 3.62. The molecule has 4 aromatic carbocycles. The van der Waals surface area contributed by atoms with Crippen molar-refractivity contribution in [2.24, 2.45) is 0 Å². The molecule has 6 heteroatoms. The van der Waals surface area contributed by atoms with Gasteiger partial charge in [0.25, 0.3) is 0 Å². The van der Waals surface area contributed by atoms with Gasteiger partial charge in [-0.15, -0.1) is 59.6 Å². The van der Waals surface area contributed by atoms with Crippen LogP contribution in [0.2, 0.25) is 0 Å². The summed E-state index contributed by atoms with van der Waals surface area (Å²) in [4.78, 5) is 8.78. The molecule has 0 fully saturated rings. The number of aromatic nitrogens is 2. The van der Waals surface area contributed by atoms with Crippen LogP contribution in [0.5, 0.6) is 23.0 Å². The van der Waals surface area contributed by atoms with E-state index in [1.807, 2.05) is 91.1 Å². The molecule has 0 amide bonds. The number of para-hydroxylation sites is 1. The Kier molecular flexibility index (Phi) is 7.52. The average Bonchev–Trinajstić information content (AvgIpc) is 3.02.